The standard InChI is InChI=1S/C16H24O2/c1-10-12-5-6-13(14(17)18-4)16(12)8-7-11(9-16)15(10,2)3/h11-13H,1,5-9H2,2-4H3/t11-,12-,13+,16-/m1/s1. The van der Waals surface area contributed by atoms with E-state index in [2.05, 4.69) is 20.4 Å². The van der Waals surface area contributed by atoms with Crippen LogP contribution in [0.5, 0.6) is 0 Å². The summed E-state index contributed by atoms with van der Waals surface area (Å²) in [6.07, 6.45) is 5.80. The van der Waals surface area contributed by atoms with Crippen LogP contribution in [0.4, 0.5) is 0 Å². The number of hydrogen-bond donors (Lipinski definition) is 0. The van der Waals surface area contributed by atoms with Crippen LogP contribution >= 0.6 is 0 Å². The molecule has 0 aromatic heterocycles. The molecule has 18 heavy (non-hydrogen) atoms. The van der Waals surface area contributed by atoms with Crippen molar-refractivity contribution in [2.45, 2.75) is 46.0 Å². The highest BCUT2D eigenvalue weighted by Gasteiger charge is 2.63. The van der Waals surface area contributed by atoms with Crippen molar-refractivity contribution in [3.8, 4) is 0 Å². The van der Waals surface area contributed by atoms with Crippen molar-refractivity contribution in [1.29, 1.82) is 0 Å². The molecule has 0 N–H and O–H groups in total. The van der Waals surface area contributed by atoms with Gasteiger partial charge in [-0.25, -0.2) is 0 Å². The highest BCUT2D eigenvalue weighted by atomic mass is 16.5. The Hall–Kier alpha value is -0.790. The lowest BCUT2D eigenvalue weighted by Crippen LogP contribution is -2.43. The number of methoxy groups -OCH3 is 1. The topological polar surface area (TPSA) is 26.3 Å². The highest BCUT2D eigenvalue weighted by molar-refractivity contribution is 5.74. The van der Waals surface area contributed by atoms with Crippen LogP contribution in [0.2, 0.25) is 0 Å². The van der Waals surface area contributed by atoms with Gasteiger partial charge in [-0.3, -0.25) is 4.79 Å². The van der Waals surface area contributed by atoms with Gasteiger partial charge in [0.1, 0.15) is 0 Å². The largest absolute Gasteiger partial charge is 0.469 e. The molecule has 0 radical (unpaired) electrons. The van der Waals surface area contributed by atoms with Crippen LogP contribution in [-0.2, 0) is 9.53 Å². The summed E-state index contributed by atoms with van der Waals surface area (Å²) in [5, 5.41) is 0. The molecule has 100 valence electrons. The second-order valence-corrected chi connectivity index (χ2v) is 7.13. The van der Waals surface area contributed by atoms with Gasteiger partial charge in [-0.05, 0) is 54.8 Å². The highest BCUT2D eigenvalue weighted by Crippen LogP contribution is 2.70. The number of hydrogen-bond acceptors (Lipinski definition) is 2. The summed E-state index contributed by atoms with van der Waals surface area (Å²) in [5.41, 5.74) is 1.86. The van der Waals surface area contributed by atoms with Crippen molar-refractivity contribution in [2.24, 2.45) is 28.6 Å². The molecule has 3 aliphatic rings. The van der Waals surface area contributed by atoms with Crippen LogP contribution in [-0.4, -0.2) is 13.1 Å². The van der Waals surface area contributed by atoms with Crippen molar-refractivity contribution >= 4 is 5.97 Å². The summed E-state index contributed by atoms with van der Waals surface area (Å²) >= 11 is 0. The van der Waals surface area contributed by atoms with Crippen LogP contribution in [0.1, 0.15) is 46.0 Å². The molecule has 0 heterocycles. The number of allylic oxidation sites excluding steroid dienone is 1. The van der Waals surface area contributed by atoms with E-state index < -0.39 is 0 Å². The van der Waals surface area contributed by atoms with Crippen LogP contribution < -0.4 is 0 Å². The summed E-state index contributed by atoms with van der Waals surface area (Å²) in [4.78, 5) is 12.1. The molecular formula is C16H24O2. The van der Waals surface area contributed by atoms with Crippen LogP contribution in [0.3, 0.4) is 0 Å². The van der Waals surface area contributed by atoms with Gasteiger partial charge in [0.15, 0.2) is 0 Å². The van der Waals surface area contributed by atoms with E-state index in [0.717, 1.165) is 12.8 Å². The van der Waals surface area contributed by atoms with Gasteiger partial charge in [0.2, 0.25) is 0 Å². The average molecular weight is 248 g/mol. The maximum absolute atomic E-state index is 12.1. The lowest BCUT2D eigenvalue weighted by Gasteiger charge is -2.48. The molecule has 1 spiro atoms. The van der Waals surface area contributed by atoms with Crippen molar-refractivity contribution in [1.82, 2.24) is 0 Å². The van der Waals surface area contributed by atoms with Gasteiger partial charge in [0.05, 0.1) is 13.0 Å². The first-order chi connectivity index (χ1) is 8.43. The number of esters is 1. The first kappa shape index (κ1) is 12.3. The number of carbonyl (C=O) groups is 1. The minimum Gasteiger partial charge on any atom is -0.469 e. The van der Waals surface area contributed by atoms with E-state index >= 15 is 0 Å². The van der Waals surface area contributed by atoms with Gasteiger partial charge in [-0.1, -0.05) is 26.0 Å². The third kappa shape index (κ3) is 1.27. The van der Waals surface area contributed by atoms with E-state index in [-0.39, 0.29) is 22.7 Å². The molecule has 4 atom stereocenters. The Kier molecular flexibility index (Phi) is 2.46. The van der Waals surface area contributed by atoms with Gasteiger partial charge >= 0.3 is 5.97 Å². The number of fused-ring (bicyclic) bond motifs is 1. The Bertz CT molecular complexity index is 409. The molecule has 2 heteroatoms. The predicted molar refractivity (Wildman–Crippen MR) is 70.9 cm³/mol. The second-order valence-electron chi connectivity index (χ2n) is 7.13. The molecule has 3 rings (SSSR count). The monoisotopic (exact) mass is 248 g/mol. The second kappa shape index (κ2) is 3.61. The fraction of sp³-hybridized carbons (Fsp3) is 0.812. The van der Waals surface area contributed by atoms with E-state index in [1.165, 1.54) is 31.9 Å². The van der Waals surface area contributed by atoms with Crippen LogP contribution in [0, 0.1) is 28.6 Å². The third-order valence-electron chi connectivity index (χ3n) is 6.47. The van der Waals surface area contributed by atoms with Crippen molar-refractivity contribution in [2.75, 3.05) is 7.11 Å². The van der Waals surface area contributed by atoms with Crippen LogP contribution in [0.15, 0.2) is 12.2 Å². The third-order valence-corrected chi connectivity index (χ3v) is 6.47. The lowest BCUT2D eigenvalue weighted by molar-refractivity contribution is -0.150. The first-order valence-electron chi connectivity index (χ1n) is 7.20. The number of carbonyl (C=O) groups excluding carboxylic acids is 1. The molecule has 0 aliphatic heterocycles. The Morgan fingerprint density at radius 1 is 1.33 bits per heavy atom. The summed E-state index contributed by atoms with van der Waals surface area (Å²) < 4.78 is 5.05. The maximum Gasteiger partial charge on any atom is 0.309 e. The quantitative estimate of drug-likeness (QED) is 0.524. The maximum atomic E-state index is 12.1. The van der Waals surface area contributed by atoms with Gasteiger partial charge in [-0.2, -0.15) is 0 Å². The Morgan fingerprint density at radius 2 is 2.06 bits per heavy atom. The summed E-state index contributed by atoms with van der Waals surface area (Å²) in [7, 11) is 1.53. The molecule has 3 saturated carbocycles. The van der Waals surface area contributed by atoms with E-state index in [0.29, 0.717) is 11.8 Å². The molecular weight excluding hydrogens is 224 g/mol. The van der Waals surface area contributed by atoms with Crippen molar-refractivity contribution < 1.29 is 9.53 Å². The van der Waals surface area contributed by atoms with E-state index in [4.69, 9.17) is 4.74 Å². The molecule has 0 aromatic carbocycles. The van der Waals surface area contributed by atoms with Crippen molar-refractivity contribution in [3.63, 3.8) is 0 Å². The van der Waals surface area contributed by atoms with Gasteiger partial charge in [-0.15, -0.1) is 0 Å². The Balaban J connectivity index is 2.00. The summed E-state index contributed by atoms with van der Waals surface area (Å²) in [6, 6.07) is 0. The zero-order chi connectivity index (χ0) is 13.1. The number of ether oxygens (including phenoxy) is 1. The normalized spacial score (nSPS) is 44.8. The molecule has 0 amide bonds. The lowest BCUT2D eigenvalue weighted by atomic mass is 9.56. The van der Waals surface area contributed by atoms with Crippen LogP contribution in [0.25, 0.3) is 0 Å². The minimum absolute atomic E-state index is 0.0191. The zero-order valence-electron chi connectivity index (χ0n) is 11.8. The van der Waals surface area contributed by atoms with E-state index in [1.807, 2.05) is 0 Å². The fourth-order valence-electron chi connectivity index (χ4n) is 5.23. The Morgan fingerprint density at radius 3 is 2.72 bits per heavy atom. The predicted octanol–water partition coefficient (Wildman–Crippen LogP) is 3.57. The molecule has 3 fully saturated rings. The summed E-state index contributed by atoms with van der Waals surface area (Å²) in [5.74, 6) is 1.41. The zero-order valence-corrected chi connectivity index (χ0v) is 11.8. The van der Waals surface area contributed by atoms with E-state index in [9.17, 15) is 4.79 Å². The SMILES string of the molecule is C=C1[C@H]2CC[C@@H](C(=O)OC)[C@@]23CC[C@H](C3)C1(C)C. The summed E-state index contributed by atoms with van der Waals surface area (Å²) in [6.45, 7) is 9.11. The molecule has 3 aliphatic carbocycles. The average Bonchev–Trinajstić information content (AvgIpc) is 2.92. The minimum atomic E-state index is 0.0191. The van der Waals surface area contributed by atoms with Gasteiger partial charge in [0.25, 0.3) is 0 Å². The van der Waals surface area contributed by atoms with Crippen molar-refractivity contribution in [3.05, 3.63) is 12.2 Å². The van der Waals surface area contributed by atoms with E-state index in [1.54, 1.807) is 0 Å². The Labute approximate surface area is 110 Å². The molecule has 0 unspecified atom stereocenters. The first-order valence-corrected chi connectivity index (χ1v) is 7.20. The van der Waals surface area contributed by atoms with Gasteiger partial charge < -0.3 is 4.74 Å². The molecule has 2 bridgehead atoms. The molecule has 0 aromatic rings. The number of rotatable bonds is 1. The fourth-order valence-corrected chi connectivity index (χ4v) is 5.23. The smallest absolute Gasteiger partial charge is 0.309 e. The van der Waals surface area contributed by atoms with Gasteiger partial charge in [0, 0.05) is 0 Å². The molecule has 2 nitrogen and oxygen atoms in total. The molecule has 0 saturated heterocycles.